The molecular weight excluding hydrogens is 318 g/mol. The fourth-order valence-corrected chi connectivity index (χ4v) is 1.90. The summed E-state index contributed by atoms with van der Waals surface area (Å²) < 4.78 is 9.92. The summed E-state index contributed by atoms with van der Waals surface area (Å²) >= 11 is 6.00. The molecule has 0 unspecified atom stereocenters. The number of furan rings is 1. The lowest BCUT2D eigenvalue weighted by molar-refractivity contribution is -0.143. The van der Waals surface area contributed by atoms with Gasteiger partial charge in [-0.3, -0.25) is 4.79 Å². The molecule has 6 heteroatoms. The fraction of sp³-hybridized carbons (Fsp3) is 0.176. The molecular formula is C17H16ClNO4. The minimum atomic E-state index is -0.602. The second-order valence-electron chi connectivity index (χ2n) is 4.81. The molecule has 1 aromatic carbocycles. The molecule has 0 saturated carbocycles. The number of carbonyl (C=O) groups excluding carboxylic acids is 2. The molecule has 0 atom stereocenters. The molecule has 0 aliphatic carbocycles. The third kappa shape index (κ3) is 5.64. The van der Waals surface area contributed by atoms with Crippen LogP contribution in [0.2, 0.25) is 5.02 Å². The lowest BCUT2D eigenvalue weighted by atomic mass is 10.1. The van der Waals surface area contributed by atoms with Crippen molar-refractivity contribution in [1.29, 1.82) is 0 Å². The first kappa shape index (κ1) is 16.8. The Labute approximate surface area is 138 Å². The molecule has 1 amide bonds. The van der Waals surface area contributed by atoms with Crippen molar-refractivity contribution >= 4 is 29.6 Å². The second kappa shape index (κ2) is 8.19. The molecule has 0 bridgehead atoms. The van der Waals surface area contributed by atoms with Crippen molar-refractivity contribution in [2.45, 2.75) is 13.5 Å². The summed E-state index contributed by atoms with van der Waals surface area (Å²) in [7, 11) is 0. The summed E-state index contributed by atoms with van der Waals surface area (Å²) in [5, 5.41) is 3.20. The van der Waals surface area contributed by atoms with Crippen LogP contribution in [-0.2, 0) is 20.9 Å². The number of amides is 1. The van der Waals surface area contributed by atoms with Crippen molar-refractivity contribution in [1.82, 2.24) is 5.32 Å². The summed E-state index contributed by atoms with van der Waals surface area (Å²) in [6, 6.07) is 8.90. The third-order valence-electron chi connectivity index (χ3n) is 2.99. The first-order chi connectivity index (χ1) is 11.0. The normalized spacial score (nSPS) is 10.7. The largest absolute Gasteiger partial charge is 0.467 e. The standard InChI is InChI=1S/C17H16ClNO4/c1-12-4-5-13(9-15(12)18)6-7-17(21)23-11-16(20)19-10-14-3-2-8-22-14/h2-9H,10-11H2,1H3,(H,19,20)/b7-6+. The highest BCUT2D eigenvalue weighted by atomic mass is 35.5. The van der Waals surface area contributed by atoms with Crippen molar-refractivity contribution in [3.8, 4) is 0 Å². The van der Waals surface area contributed by atoms with Gasteiger partial charge in [-0.2, -0.15) is 0 Å². The van der Waals surface area contributed by atoms with Crippen LogP contribution in [0.1, 0.15) is 16.9 Å². The maximum Gasteiger partial charge on any atom is 0.331 e. The Balaban J connectivity index is 1.74. The molecule has 1 N–H and O–H groups in total. The van der Waals surface area contributed by atoms with Gasteiger partial charge in [0.2, 0.25) is 0 Å². The second-order valence-corrected chi connectivity index (χ2v) is 5.21. The van der Waals surface area contributed by atoms with E-state index in [2.05, 4.69) is 5.32 Å². The van der Waals surface area contributed by atoms with Crippen LogP contribution in [0.4, 0.5) is 0 Å². The van der Waals surface area contributed by atoms with Gasteiger partial charge in [-0.25, -0.2) is 4.79 Å². The molecule has 5 nitrogen and oxygen atoms in total. The molecule has 0 saturated heterocycles. The van der Waals surface area contributed by atoms with Gasteiger partial charge >= 0.3 is 5.97 Å². The Morgan fingerprint density at radius 2 is 2.17 bits per heavy atom. The molecule has 1 heterocycles. The summed E-state index contributed by atoms with van der Waals surface area (Å²) in [6.45, 7) is 1.80. The van der Waals surface area contributed by atoms with E-state index >= 15 is 0 Å². The van der Waals surface area contributed by atoms with Crippen LogP contribution in [0.5, 0.6) is 0 Å². The Morgan fingerprint density at radius 3 is 2.87 bits per heavy atom. The van der Waals surface area contributed by atoms with Crippen LogP contribution < -0.4 is 5.32 Å². The molecule has 2 aromatic rings. The Morgan fingerprint density at radius 1 is 1.35 bits per heavy atom. The van der Waals surface area contributed by atoms with E-state index in [1.807, 2.05) is 19.1 Å². The van der Waals surface area contributed by atoms with Gasteiger partial charge in [-0.05, 0) is 42.3 Å². The number of nitrogens with one attached hydrogen (secondary N) is 1. The number of rotatable bonds is 6. The van der Waals surface area contributed by atoms with Crippen LogP contribution in [0.25, 0.3) is 6.08 Å². The molecule has 120 valence electrons. The van der Waals surface area contributed by atoms with E-state index in [9.17, 15) is 9.59 Å². The maximum atomic E-state index is 11.6. The lowest BCUT2D eigenvalue weighted by Gasteiger charge is -2.03. The number of esters is 1. The zero-order chi connectivity index (χ0) is 16.7. The molecule has 1 aromatic heterocycles. The summed E-state index contributed by atoms with van der Waals surface area (Å²) in [6.07, 6.45) is 4.35. The summed E-state index contributed by atoms with van der Waals surface area (Å²) in [4.78, 5) is 23.1. The lowest BCUT2D eigenvalue weighted by Crippen LogP contribution is -2.27. The minimum Gasteiger partial charge on any atom is -0.467 e. The summed E-state index contributed by atoms with van der Waals surface area (Å²) in [5.74, 6) is -0.378. The predicted octanol–water partition coefficient (Wildman–Crippen LogP) is 3.11. The Hall–Kier alpha value is -2.53. The average Bonchev–Trinajstić information content (AvgIpc) is 3.05. The van der Waals surface area contributed by atoms with Crippen LogP contribution in [-0.4, -0.2) is 18.5 Å². The van der Waals surface area contributed by atoms with E-state index in [1.54, 1.807) is 24.3 Å². The fourth-order valence-electron chi connectivity index (χ4n) is 1.71. The highest BCUT2D eigenvalue weighted by Crippen LogP contribution is 2.17. The molecule has 23 heavy (non-hydrogen) atoms. The summed E-state index contributed by atoms with van der Waals surface area (Å²) in [5.41, 5.74) is 1.74. The number of halogens is 1. The van der Waals surface area contributed by atoms with Gasteiger partial charge in [0.15, 0.2) is 6.61 Å². The minimum absolute atomic E-state index is 0.251. The van der Waals surface area contributed by atoms with E-state index in [1.165, 1.54) is 12.3 Å². The zero-order valence-corrected chi connectivity index (χ0v) is 13.3. The van der Waals surface area contributed by atoms with E-state index < -0.39 is 11.9 Å². The number of carbonyl (C=O) groups is 2. The monoisotopic (exact) mass is 333 g/mol. The number of aryl methyl sites for hydroxylation is 1. The highest BCUT2D eigenvalue weighted by Gasteiger charge is 2.06. The van der Waals surface area contributed by atoms with Gasteiger partial charge in [-0.15, -0.1) is 0 Å². The average molecular weight is 334 g/mol. The third-order valence-corrected chi connectivity index (χ3v) is 3.40. The van der Waals surface area contributed by atoms with E-state index in [-0.39, 0.29) is 13.2 Å². The highest BCUT2D eigenvalue weighted by molar-refractivity contribution is 6.31. The van der Waals surface area contributed by atoms with Crippen molar-refractivity contribution in [2.75, 3.05) is 6.61 Å². The van der Waals surface area contributed by atoms with Gasteiger partial charge in [-0.1, -0.05) is 23.7 Å². The first-order valence-corrected chi connectivity index (χ1v) is 7.32. The molecule has 0 spiro atoms. The Kier molecular flexibility index (Phi) is 6.00. The quantitative estimate of drug-likeness (QED) is 0.651. The van der Waals surface area contributed by atoms with Crippen molar-refractivity contribution in [2.24, 2.45) is 0 Å². The number of ether oxygens (including phenoxy) is 1. The van der Waals surface area contributed by atoms with Gasteiger partial charge in [0.1, 0.15) is 5.76 Å². The van der Waals surface area contributed by atoms with E-state index in [4.69, 9.17) is 20.8 Å². The van der Waals surface area contributed by atoms with Gasteiger partial charge < -0.3 is 14.5 Å². The van der Waals surface area contributed by atoms with Crippen LogP contribution in [0, 0.1) is 6.92 Å². The van der Waals surface area contributed by atoms with Gasteiger partial charge in [0.25, 0.3) is 5.91 Å². The van der Waals surface area contributed by atoms with Gasteiger partial charge in [0, 0.05) is 11.1 Å². The van der Waals surface area contributed by atoms with Gasteiger partial charge in [0.05, 0.1) is 12.8 Å². The molecule has 2 rings (SSSR count). The smallest absolute Gasteiger partial charge is 0.331 e. The maximum absolute atomic E-state index is 11.6. The van der Waals surface area contributed by atoms with Crippen molar-refractivity contribution < 1.29 is 18.7 Å². The predicted molar refractivity (Wildman–Crippen MR) is 86.7 cm³/mol. The molecule has 0 aliphatic heterocycles. The number of hydrogen-bond donors (Lipinski definition) is 1. The van der Waals surface area contributed by atoms with E-state index in [0.717, 1.165) is 11.1 Å². The molecule has 0 aliphatic rings. The zero-order valence-electron chi connectivity index (χ0n) is 12.5. The topological polar surface area (TPSA) is 68.5 Å². The number of benzene rings is 1. The molecule has 0 fully saturated rings. The van der Waals surface area contributed by atoms with E-state index in [0.29, 0.717) is 10.8 Å². The number of hydrogen-bond acceptors (Lipinski definition) is 4. The van der Waals surface area contributed by atoms with Crippen molar-refractivity contribution in [3.63, 3.8) is 0 Å². The Bertz CT molecular complexity index is 707. The molecule has 0 radical (unpaired) electrons. The van der Waals surface area contributed by atoms with Crippen LogP contribution >= 0.6 is 11.6 Å². The van der Waals surface area contributed by atoms with Crippen molar-refractivity contribution in [3.05, 3.63) is 64.6 Å². The first-order valence-electron chi connectivity index (χ1n) is 6.94. The SMILES string of the molecule is Cc1ccc(/C=C/C(=O)OCC(=O)NCc2ccco2)cc1Cl. The van der Waals surface area contributed by atoms with Crippen LogP contribution in [0.15, 0.2) is 47.1 Å². The van der Waals surface area contributed by atoms with Crippen LogP contribution in [0.3, 0.4) is 0 Å².